The van der Waals surface area contributed by atoms with E-state index in [1.165, 1.54) is 24.2 Å². The van der Waals surface area contributed by atoms with E-state index in [-0.39, 0.29) is 11.8 Å². The van der Waals surface area contributed by atoms with Crippen molar-refractivity contribution < 1.29 is 9.32 Å². The Morgan fingerprint density at radius 3 is 2.84 bits per heavy atom. The van der Waals surface area contributed by atoms with E-state index in [1.807, 2.05) is 19.2 Å². The Kier molecular flexibility index (Phi) is 5.54. The molecule has 1 fully saturated rings. The van der Waals surface area contributed by atoms with E-state index in [9.17, 15) is 4.79 Å². The third-order valence-electron chi connectivity index (χ3n) is 4.67. The zero-order chi connectivity index (χ0) is 18.0. The number of hydrogen-bond acceptors (Lipinski definition) is 6. The number of carbonyl (C=O) groups excluding carboxylic acids is 1. The maximum atomic E-state index is 12.6. The number of carbonyl (C=O) groups is 1. The molecule has 1 N–H and O–H groups in total. The van der Waals surface area contributed by atoms with Crippen LogP contribution in [0.1, 0.15) is 67.0 Å². The first-order valence-corrected chi connectivity index (χ1v) is 9.76. The van der Waals surface area contributed by atoms with Gasteiger partial charge in [-0.2, -0.15) is 0 Å². The fraction of sp³-hybridized carbons (Fsp3) is 0.611. The van der Waals surface area contributed by atoms with Gasteiger partial charge < -0.3 is 4.52 Å². The van der Waals surface area contributed by atoms with E-state index in [4.69, 9.17) is 4.52 Å². The quantitative estimate of drug-likeness (QED) is 0.869. The molecule has 0 radical (unpaired) electrons. The molecule has 0 bridgehead atoms. The fourth-order valence-corrected chi connectivity index (χ4v) is 3.80. The molecule has 3 heterocycles. The summed E-state index contributed by atoms with van der Waals surface area (Å²) in [5.74, 6) is 1.35. The van der Waals surface area contributed by atoms with Gasteiger partial charge in [0.2, 0.25) is 0 Å². The molecule has 136 valence electrons. The lowest BCUT2D eigenvalue weighted by molar-refractivity contribution is 0.102. The standard InChI is InChI=1S/C18H26N4O2S/c1-11(2)16-15(13(4)21-24-16)17(23)20-18-19-14(10-25-18)9-22-7-5-12(3)6-8-22/h10-12H,5-9H2,1-4H3,(H,19,20,23). The summed E-state index contributed by atoms with van der Waals surface area (Å²) in [6, 6.07) is 0. The van der Waals surface area contributed by atoms with Gasteiger partial charge in [0.05, 0.1) is 11.4 Å². The van der Waals surface area contributed by atoms with Crippen molar-refractivity contribution in [2.75, 3.05) is 18.4 Å². The lowest BCUT2D eigenvalue weighted by Crippen LogP contribution is -2.32. The van der Waals surface area contributed by atoms with Crippen molar-refractivity contribution in [1.29, 1.82) is 0 Å². The Morgan fingerprint density at radius 1 is 1.44 bits per heavy atom. The first kappa shape index (κ1) is 18.1. The van der Waals surface area contributed by atoms with Crippen molar-refractivity contribution in [2.24, 2.45) is 5.92 Å². The second kappa shape index (κ2) is 7.66. The van der Waals surface area contributed by atoms with Gasteiger partial charge in [-0.1, -0.05) is 25.9 Å². The molecule has 0 spiro atoms. The zero-order valence-electron chi connectivity index (χ0n) is 15.3. The number of piperidine rings is 1. The van der Waals surface area contributed by atoms with Crippen LogP contribution in [0.3, 0.4) is 0 Å². The smallest absolute Gasteiger partial charge is 0.262 e. The summed E-state index contributed by atoms with van der Waals surface area (Å²) in [6.07, 6.45) is 2.50. The Labute approximate surface area is 152 Å². The lowest BCUT2D eigenvalue weighted by atomic mass is 9.99. The van der Waals surface area contributed by atoms with E-state index in [0.29, 0.717) is 22.1 Å². The van der Waals surface area contributed by atoms with E-state index in [1.54, 1.807) is 6.92 Å². The Bertz CT molecular complexity index is 729. The largest absolute Gasteiger partial charge is 0.360 e. The minimum Gasteiger partial charge on any atom is -0.360 e. The van der Waals surface area contributed by atoms with Crippen LogP contribution in [0.25, 0.3) is 0 Å². The molecule has 0 unspecified atom stereocenters. The van der Waals surface area contributed by atoms with Crippen LogP contribution in [0.15, 0.2) is 9.90 Å². The number of amides is 1. The van der Waals surface area contributed by atoms with Crippen molar-refractivity contribution in [3.05, 3.63) is 28.1 Å². The lowest BCUT2D eigenvalue weighted by Gasteiger charge is -2.29. The number of likely N-dealkylation sites (tertiary alicyclic amines) is 1. The predicted molar refractivity (Wildman–Crippen MR) is 99.1 cm³/mol. The van der Waals surface area contributed by atoms with Gasteiger partial charge >= 0.3 is 0 Å². The summed E-state index contributed by atoms with van der Waals surface area (Å²) < 4.78 is 5.30. The number of aromatic nitrogens is 2. The summed E-state index contributed by atoms with van der Waals surface area (Å²) in [5.41, 5.74) is 2.15. The molecule has 0 aliphatic carbocycles. The summed E-state index contributed by atoms with van der Waals surface area (Å²) in [4.78, 5) is 19.6. The van der Waals surface area contributed by atoms with E-state index < -0.39 is 0 Å². The second-order valence-corrected chi connectivity index (χ2v) is 8.08. The van der Waals surface area contributed by atoms with Crippen molar-refractivity contribution >= 4 is 22.4 Å². The fourth-order valence-electron chi connectivity index (χ4n) is 3.10. The number of hydrogen-bond donors (Lipinski definition) is 1. The molecule has 0 atom stereocenters. The molecule has 1 aliphatic heterocycles. The Balaban J connectivity index is 1.63. The molecular formula is C18H26N4O2S. The van der Waals surface area contributed by atoms with Crippen molar-refractivity contribution in [3.8, 4) is 0 Å². The maximum Gasteiger partial charge on any atom is 0.262 e. The van der Waals surface area contributed by atoms with Gasteiger partial charge in [0.25, 0.3) is 5.91 Å². The van der Waals surface area contributed by atoms with Crippen LogP contribution in [-0.2, 0) is 6.54 Å². The average Bonchev–Trinajstić information content (AvgIpc) is 3.16. The van der Waals surface area contributed by atoms with Crippen molar-refractivity contribution in [2.45, 2.75) is 53.0 Å². The Hall–Kier alpha value is -1.73. The first-order valence-electron chi connectivity index (χ1n) is 8.88. The van der Waals surface area contributed by atoms with Crippen LogP contribution < -0.4 is 5.32 Å². The number of nitrogens with zero attached hydrogens (tertiary/aromatic N) is 3. The van der Waals surface area contributed by atoms with Gasteiger partial charge in [0.15, 0.2) is 10.9 Å². The number of nitrogens with one attached hydrogen (secondary N) is 1. The van der Waals surface area contributed by atoms with E-state index in [2.05, 4.69) is 27.3 Å². The van der Waals surface area contributed by atoms with Crippen LogP contribution in [-0.4, -0.2) is 34.0 Å². The van der Waals surface area contributed by atoms with Crippen molar-refractivity contribution in [3.63, 3.8) is 0 Å². The van der Waals surface area contributed by atoms with Gasteiger partial charge in [-0.15, -0.1) is 11.3 Å². The molecule has 25 heavy (non-hydrogen) atoms. The molecule has 0 aromatic carbocycles. The molecule has 6 nitrogen and oxygen atoms in total. The number of aryl methyl sites for hydroxylation is 1. The third-order valence-corrected chi connectivity index (χ3v) is 5.48. The van der Waals surface area contributed by atoms with Gasteiger partial charge in [-0.05, 0) is 38.8 Å². The molecule has 3 rings (SSSR count). The minimum absolute atomic E-state index is 0.107. The molecule has 7 heteroatoms. The summed E-state index contributed by atoms with van der Waals surface area (Å²) in [6.45, 7) is 11.2. The number of anilines is 1. The van der Waals surface area contributed by atoms with Gasteiger partial charge in [-0.25, -0.2) is 4.98 Å². The van der Waals surface area contributed by atoms with Crippen LogP contribution in [0.5, 0.6) is 0 Å². The van der Waals surface area contributed by atoms with Gasteiger partial charge in [0.1, 0.15) is 5.56 Å². The van der Waals surface area contributed by atoms with Crippen LogP contribution in [0, 0.1) is 12.8 Å². The Morgan fingerprint density at radius 2 is 2.16 bits per heavy atom. The monoisotopic (exact) mass is 362 g/mol. The highest BCUT2D eigenvalue weighted by molar-refractivity contribution is 7.14. The predicted octanol–water partition coefficient (Wildman–Crippen LogP) is 4.05. The van der Waals surface area contributed by atoms with Gasteiger partial charge in [0, 0.05) is 17.8 Å². The zero-order valence-corrected chi connectivity index (χ0v) is 16.2. The van der Waals surface area contributed by atoms with E-state index in [0.717, 1.165) is 31.2 Å². The number of thiazole rings is 1. The SMILES string of the molecule is Cc1noc(C(C)C)c1C(=O)Nc1nc(CN2CCC(C)CC2)cs1. The first-order chi connectivity index (χ1) is 11.9. The maximum absolute atomic E-state index is 12.6. The highest BCUT2D eigenvalue weighted by atomic mass is 32.1. The van der Waals surface area contributed by atoms with E-state index >= 15 is 0 Å². The molecule has 2 aromatic heterocycles. The van der Waals surface area contributed by atoms with Crippen molar-refractivity contribution in [1.82, 2.24) is 15.0 Å². The molecule has 1 saturated heterocycles. The third kappa shape index (κ3) is 4.27. The highest BCUT2D eigenvalue weighted by Gasteiger charge is 2.23. The van der Waals surface area contributed by atoms with Gasteiger partial charge in [-0.3, -0.25) is 15.0 Å². The molecule has 1 amide bonds. The number of rotatable bonds is 5. The topological polar surface area (TPSA) is 71.3 Å². The summed E-state index contributed by atoms with van der Waals surface area (Å²) >= 11 is 1.46. The molecule has 0 saturated carbocycles. The second-order valence-electron chi connectivity index (χ2n) is 7.22. The molecule has 1 aliphatic rings. The normalized spacial score (nSPS) is 16.5. The highest BCUT2D eigenvalue weighted by Crippen LogP contribution is 2.25. The van der Waals surface area contributed by atoms with Crippen LogP contribution >= 0.6 is 11.3 Å². The molecular weight excluding hydrogens is 336 g/mol. The summed E-state index contributed by atoms with van der Waals surface area (Å²) in [5, 5.41) is 9.48. The van der Waals surface area contributed by atoms with Crippen LogP contribution in [0.2, 0.25) is 0 Å². The average molecular weight is 362 g/mol. The summed E-state index contributed by atoms with van der Waals surface area (Å²) in [7, 11) is 0. The minimum atomic E-state index is -0.199. The van der Waals surface area contributed by atoms with Crippen LogP contribution in [0.4, 0.5) is 5.13 Å². The molecule has 2 aromatic rings.